The second-order valence-electron chi connectivity index (χ2n) is 5.62. The molecule has 2 rings (SSSR count). The van der Waals surface area contributed by atoms with Crippen LogP contribution in [0.3, 0.4) is 0 Å². The fraction of sp³-hybridized carbons (Fsp3) is 0.600. The average Bonchev–Trinajstić information content (AvgIpc) is 3.05. The SMILES string of the molecule is COC(=O)CCN1C(=O)C(CC(C)C)NC1c1cccs1. The molecule has 2 heterocycles. The van der Waals surface area contributed by atoms with E-state index >= 15 is 0 Å². The van der Waals surface area contributed by atoms with Crippen molar-refractivity contribution in [1.29, 1.82) is 0 Å². The summed E-state index contributed by atoms with van der Waals surface area (Å²) in [5.74, 6) is 0.224. The molecule has 2 unspecified atom stereocenters. The van der Waals surface area contributed by atoms with Crippen LogP contribution in [0.15, 0.2) is 17.5 Å². The molecule has 1 aromatic rings. The Morgan fingerprint density at radius 3 is 2.86 bits per heavy atom. The topological polar surface area (TPSA) is 58.6 Å². The third kappa shape index (κ3) is 3.83. The Kier molecular flexibility index (Phi) is 5.36. The Bertz CT molecular complexity index is 487. The maximum atomic E-state index is 12.6. The Labute approximate surface area is 129 Å². The van der Waals surface area contributed by atoms with E-state index in [0.717, 1.165) is 11.3 Å². The van der Waals surface area contributed by atoms with E-state index in [1.807, 2.05) is 17.5 Å². The first kappa shape index (κ1) is 16.0. The summed E-state index contributed by atoms with van der Waals surface area (Å²) in [5.41, 5.74) is 0. The third-order valence-corrected chi connectivity index (χ3v) is 4.48. The van der Waals surface area contributed by atoms with Crippen molar-refractivity contribution in [3.63, 3.8) is 0 Å². The van der Waals surface area contributed by atoms with Crippen molar-refractivity contribution in [1.82, 2.24) is 10.2 Å². The number of methoxy groups -OCH3 is 1. The highest BCUT2D eigenvalue weighted by molar-refractivity contribution is 7.10. The molecule has 1 aromatic heterocycles. The van der Waals surface area contributed by atoms with Gasteiger partial charge in [-0.2, -0.15) is 0 Å². The van der Waals surface area contributed by atoms with Crippen LogP contribution in [0.2, 0.25) is 0 Å². The largest absolute Gasteiger partial charge is 0.469 e. The van der Waals surface area contributed by atoms with Gasteiger partial charge in [-0.1, -0.05) is 19.9 Å². The van der Waals surface area contributed by atoms with Gasteiger partial charge in [-0.3, -0.25) is 14.9 Å². The van der Waals surface area contributed by atoms with E-state index in [9.17, 15) is 9.59 Å². The number of hydrogen-bond donors (Lipinski definition) is 1. The van der Waals surface area contributed by atoms with Crippen LogP contribution in [0.1, 0.15) is 37.7 Å². The zero-order valence-electron chi connectivity index (χ0n) is 12.7. The molecule has 21 heavy (non-hydrogen) atoms. The van der Waals surface area contributed by atoms with Crippen molar-refractivity contribution in [2.24, 2.45) is 5.92 Å². The molecule has 0 spiro atoms. The lowest BCUT2D eigenvalue weighted by molar-refractivity contribution is -0.141. The van der Waals surface area contributed by atoms with Crippen molar-refractivity contribution in [2.75, 3.05) is 13.7 Å². The summed E-state index contributed by atoms with van der Waals surface area (Å²) in [6.07, 6.45) is 0.890. The maximum absolute atomic E-state index is 12.6. The number of esters is 1. The molecule has 6 heteroatoms. The number of nitrogens with one attached hydrogen (secondary N) is 1. The Balaban J connectivity index is 2.12. The minimum absolute atomic E-state index is 0.0750. The standard InChI is InChI=1S/C15H22N2O3S/c1-10(2)9-11-15(19)17(7-6-13(18)20-3)14(16-11)12-5-4-8-21-12/h4-5,8,10-11,14,16H,6-7,9H2,1-3H3. The summed E-state index contributed by atoms with van der Waals surface area (Å²) in [7, 11) is 1.37. The number of hydrogen-bond acceptors (Lipinski definition) is 5. The molecule has 0 aliphatic carbocycles. The van der Waals surface area contributed by atoms with Crippen LogP contribution >= 0.6 is 11.3 Å². The fourth-order valence-electron chi connectivity index (χ4n) is 2.56. The van der Waals surface area contributed by atoms with Gasteiger partial charge < -0.3 is 9.64 Å². The van der Waals surface area contributed by atoms with Gasteiger partial charge in [-0.05, 0) is 23.8 Å². The normalized spacial score (nSPS) is 22.1. The molecule has 0 saturated carbocycles. The summed E-state index contributed by atoms with van der Waals surface area (Å²) in [4.78, 5) is 26.8. The smallest absolute Gasteiger partial charge is 0.307 e. The molecule has 5 nitrogen and oxygen atoms in total. The van der Waals surface area contributed by atoms with E-state index < -0.39 is 0 Å². The number of amides is 1. The van der Waals surface area contributed by atoms with Crippen LogP contribution in [0.4, 0.5) is 0 Å². The molecular formula is C15H22N2O3S. The number of carbonyl (C=O) groups excluding carboxylic acids is 2. The zero-order chi connectivity index (χ0) is 15.4. The average molecular weight is 310 g/mol. The molecule has 1 amide bonds. The molecule has 0 aromatic carbocycles. The second-order valence-corrected chi connectivity index (χ2v) is 6.60. The molecule has 1 N–H and O–H groups in total. The molecule has 116 valence electrons. The second kappa shape index (κ2) is 7.04. The van der Waals surface area contributed by atoms with Gasteiger partial charge >= 0.3 is 5.97 Å². The van der Waals surface area contributed by atoms with E-state index in [1.165, 1.54) is 7.11 Å². The molecule has 2 atom stereocenters. The monoisotopic (exact) mass is 310 g/mol. The zero-order valence-corrected chi connectivity index (χ0v) is 13.5. The summed E-state index contributed by atoms with van der Waals surface area (Å²) in [5, 5.41) is 5.40. The van der Waals surface area contributed by atoms with Crippen LogP contribution < -0.4 is 5.32 Å². The predicted molar refractivity (Wildman–Crippen MR) is 81.8 cm³/mol. The maximum Gasteiger partial charge on any atom is 0.307 e. The molecule has 0 radical (unpaired) electrons. The molecule has 0 bridgehead atoms. The Morgan fingerprint density at radius 1 is 1.52 bits per heavy atom. The van der Waals surface area contributed by atoms with Crippen molar-refractivity contribution in [3.05, 3.63) is 22.4 Å². The number of nitrogens with zero attached hydrogens (tertiary/aromatic N) is 1. The van der Waals surface area contributed by atoms with Crippen molar-refractivity contribution < 1.29 is 14.3 Å². The first-order chi connectivity index (χ1) is 10.0. The minimum atomic E-state index is -0.292. The minimum Gasteiger partial charge on any atom is -0.469 e. The molecule has 1 aliphatic rings. The number of thiophene rings is 1. The Morgan fingerprint density at radius 2 is 2.29 bits per heavy atom. The quantitative estimate of drug-likeness (QED) is 0.818. The van der Waals surface area contributed by atoms with Crippen molar-refractivity contribution in [2.45, 2.75) is 38.9 Å². The van der Waals surface area contributed by atoms with Crippen LogP contribution in [-0.4, -0.2) is 36.5 Å². The van der Waals surface area contributed by atoms with Gasteiger partial charge in [0.15, 0.2) is 0 Å². The summed E-state index contributed by atoms with van der Waals surface area (Å²) < 4.78 is 4.67. The van der Waals surface area contributed by atoms with Crippen LogP contribution in [0.5, 0.6) is 0 Å². The third-order valence-electron chi connectivity index (χ3n) is 3.56. The van der Waals surface area contributed by atoms with Gasteiger partial charge in [-0.25, -0.2) is 0 Å². The van der Waals surface area contributed by atoms with Gasteiger partial charge in [0, 0.05) is 11.4 Å². The summed E-state index contributed by atoms with van der Waals surface area (Å²) in [6, 6.07) is 3.81. The fourth-order valence-corrected chi connectivity index (χ4v) is 3.35. The highest BCUT2D eigenvalue weighted by Crippen LogP contribution is 2.30. The first-order valence-electron chi connectivity index (χ1n) is 7.19. The van der Waals surface area contributed by atoms with Crippen LogP contribution in [0, 0.1) is 5.92 Å². The number of ether oxygens (including phenoxy) is 1. The lowest BCUT2D eigenvalue weighted by atomic mass is 10.0. The molecular weight excluding hydrogens is 288 g/mol. The van der Waals surface area contributed by atoms with Crippen LogP contribution in [0.25, 0.3) is 0 Å². The van der Waals surface area contributed by atoms with E-state index in [0.29, 0.717) is 12.5 Å². The van der Waals surface area contributed by atoms with Gasteiger partial charge in [0.1, 0.15) is 6.17 Å². The lowest BCUT2D eigenvalue weighted by Gasteiger charge is -2.22. The van der Waals surface area contributed by atoms with E-state index in [2.05, 4.69) is 23.9 Å². The highest BCUT2D eigenvalue weighted by atomic mass is 32.1. The molecule has 1 saturated heterocycles. The van der Waals surface area contributed by atoms with Gasteiger partial charge in [-0.15, -0.1) is 11.3 Å². The van der Waals surface area contributed by atoms with Crippen LogP contribution in [-0.2, 0) is 14.3 Å². The highest BCUT2D eigenvalue weighted by Gasteiger charge is 2.40. The van der Waals surface area contributed by atoms with E-state index in [4.69, 9.17) is 0 Å². The van der Waals surface area contributed by atoms with E-state index in [1.54, 1.807) is 16.2 Å². The summed E-state index contributed by atoms with van der Waals surface area (Å²) in [6.45, 7) is 4.59. The first-order valence-corrected chi connectivity index (χ1v) is 8.07. The lowest BCUT2D eigenvalue weighted by Crippen LogP contribution is -2.33. The number of carbonyl (C=O) groups is 2. The molecule has 1 aliphatic heterocycles. The molecule has 1 fully saturated rings. The van der Waals surface area contributed by atoms with Gasteiger partial charge in [0.05, 0.1) is 19.6 Å². The van der Waals surface area contributed by atoms with Gasteiger partial charge in [0.25, 0.3) is 0 Å². The number of rotatable bonds is 6. The predicted octanol–water partition coefficient (Wildman–Crippen LogP) is 2.16. The van der Waals surface area contributed by atoms with Crippen molar-refractivity contribution in [3.8, 4) is 0 Å². The van der Waals surface area contributed by atoms with Crippen molar-refractivity contribution >= 4 is 23.2 Å². The van der Waals surface area contributed by atoms with Gasteiger partial charge in [0.2, 0.25) is 5.91 Å². The van der Waals surface area contributed by atoms with E-state index in [-0.39, 0.29) is 30.5 Å². The summed E-state index contributed by atoms with van der Waals surface area (Å²) >= 11 is 1.61. The Hall–Kier alpha value is -1.40.